The molecule has 0 aliphatic heterocycles. The molecule has 1 atom stereocenters. The first-order chi connectivity index (χ1) is 15.0. The minimum atomic E-state index is -0.308. The number of guanidine groups is 1. The van der Waals surface area contributed by atoms with E-state index in [0.29, 0.717) is 17.2 Å². The predicted octanol–water partition coefficient (Wildman–Crippen LogP) is 4.16. The van der Waals surface area contributed by atoms with Crippen LogP contribution in [0, 0.1) is 6.92 Å². The fraction of sp³-hybridized carbons (Fsp3) is 0.522. The van der Waals surface area contributed by atoms with Crippen LogP contribution in [0.3, 0.4) is 0 Å². The van der Waals surface area contributed by atoms with Crippen LogP contribution in [0.15, 0.2) is 35.3 Å². The molecule has 0 amide bonds. The van der Waals surface area contributed by atoms with Crippen LogP contribution in [-0.4, -0.2) is 50.2 Å². The summed E-state index contributed by atoms with van der Waals surface area (Å²) in [5, 5.41) is 7.53. The average Bonchev–Trinajstić information content (AvgIpc) is 3.16. The lowest BCUT2D eigenvalue weighted by molar-refractivity contribution is 0.0531. The number of carbonyl (C=O) groups is 1. The number of carbonyl (C=O) groups excluding carboxylic acids is 1. The molecule has 0 saturated carbocycles. The Morgan fingerprint density at radius 3 is 2.68 bits per heavy atom. The summed E-state index contributed by atoms with van der Waals surface area (Å²) in [6.07, 6.45) is 2.07. The van der Waals surface area contributed by atoms with Gasteiger partial charge < -0.3 is 20.3 Å². The van der Waals surface area contributed by atoms with Gasteiger partial charge in [0.05, 0.1) is 18.3 Å². The molecule has 0 aliphatic carbocycles. The monoisotopic (exact) mass is 445 g/mol. The standard InChI is InChI=1S/C23H35N5O2S/c1-6-24-23(25-15-11-12-16-28(5)19-13-9-8-10-14-19)27-18(4)21-26-17(3)20(31-21)22(29)30-7-2/h8-10,13-14,18H,6-7,11-12,15-16H2,1-5H3,(H2,24,25,27). The molecule has 0 saturated heterocycles. The molecular formula is C23H35N5O2S. The Hall–Kier alpha value is -2.61. The lowest BCUT2D eigenvalue weighted by atomic mass is 10.2. The molecule has 2 N–H and O–H groups in total. The zero-order chi connectivity index (χ0) is 22.6. The number of aromatic nitrogens is 1. The first-order valence-electron chi connectivity index (χ1n) is 10.9. The number of aliphatic imine (C=N–C) groups is 1. The van der Waals surface area contributed by atoms with Crippen molar-refractivity contribution < 1.29 is 9.53 Å². The molecule has 0 aliphatic rings. The Labute approximate surface area is 189 Å². The molecule has 1 unspecified atom stereocenters. The van der Waals surface area contributed by atoms with E-state index < -0.39 is 0 Å². The molecule has 31 heavy (non-hydrogen) atoms. The number of benzene rings is 1. The number of anilines is 1. The molecule has 0 spiro atoms. The first kappa shape index (κ1) is 24.7. The number of nitrogens with zero attached hydrogens (tertiary/aromatic N) is 3. The van der Waals surface area contributed by atoms with Gasteiger partial charge in [-0.2, -0.15) is 0 Å². The average molecular weight is 446 g/mol. The van der Waals surface area contributed by atoms with Gasteiger partial charge in [-0.3, -0.25) is 4.99 Å². The van der Waals surface area contributed by atoms with E-state index in [1.165, 1.54) is 17.0 Å². The van der Waals surface area contributed by atoms with Crippen LogP contribution in [0.5, 0.6) is 0 Å². The zero-order valence-electron chi connectivity index (χ0n) is 19.3. The smallest absolute Gasteiger partial charge is 0.350 e. The Morgan fingerprint density at radius 2 is 2.00 bits per heavy atom. The van der Waals surface area contributed by atoms with Crippen LogP contribution < -0.4 is 15.5 Å². The van der Waals surface area contributed by atoms with Crippen molar-refractivity contribution in [3.8, 4) is 0 Å². The number of para-hydroxylation sites is 1. The Bertz CT molecular complexity index is 838. The van der Waals surface area contributed by atoms with Crippen LogP contribution in [0.4, 0.5) is 5.69 Å². The normalized spacial score (nSPS) is 12.4. The number of rotatable bonds is 11. The second kappa shape index (κ2) is 12.9. The molecule has 2 aromatic rings. The SMILES string of the molecule is CCNC(=NCCCCN(C)c1ccccc1)NC(C)c1nc(C)c(C(=O)OCC)s1. The fourth-order valence-electron chi connectivity index (χ4n) is 3.04. The third-order valence-corrected chi connectivity index (χ3v) is 6.03. The molecule has 2 rings (SSSR count). The predicted molar refractivity (Wildman–Crippen MR) is 129 cm³/mol. The molecule has 1 heterocycles. The summed E-state index contributed by atoms with van der Waals surface area (Å²) in [7, 11) is 2.12. The van der Waals surface area contributed by atoms with Gasteiger partial charge in [0.2, 0.25) is 0 Å². The molecule has 7 nitrogen and oxygen atoms in total. The number of thiazole rings is 1. The van der Waals surface area contributed by atoms with E-state index in [-0.39, 0.29) is 12.0 Å². The van der Waals surface area contributed by atoms with Crippen molar-refractivity contribution in [2.75, 3.05) is 38.2 Å². The second-order valence-corrected chi connectivity index (χ2v) is 8.31. The topological polar surface area (TPSA) is 78.9 Å². The van der Waals surface area contributed by atoms with Crippen molar-refractivity contribution in [1.29, 1.82) is 0 Å². The van der Waals surface area contributed by atoms with E-state index in [1.807, 2.05) is 26.8 Å². The maximum Gasteiger partial charge on any atom is 0.350 e. The van der Waals surface area contributed by atoms with E-state index in [4.69, 9.17) is 9.73 Å². The van der Waals surface area contributed by atoms with Gasteiger partial charge >= 0.3 is 5.97 Å². The van der Waals surface area contributed by atoms with E-state index in [2.05, 4.69) is 51.8 Å². The van der Waals surface area contributed by atoms with Gasteiger partial charge in [0.25, 0.3) is 0 Å². The van der Waals surface area contributed by atoms with Gasteiger partial charge in [-0.05, 0) is 52.7 Å². The summed E-state index contributed by atoms with van der Waals surface area (Å²) in [5.41, 5.74) is 1.94. The Balaban J connectivity index is 1.86. The highest BCUT2D eigenvalue weighted by atomic mass is 32.1. The number of hydrogen-bond donors (Lipinski definition) is 2. The van der Waals surface area contributed by atoms with E-state index >= 15 is 0 Å². The molecule has 1 aromatic carbocycles. The van der Waals surface area contributed by atoms with E-state index in [9.17, 15) is 4.79 Å². The van der Waals surface area contributed by atoms with E-state index in [0.717, 1.165) is 43.4 Å². The Kier molecular flexibility index (Phi) is 10.3. The minimum Gasteiger partial charge on any atom is -0.462 e. The largest absolute Gasteiger partial charge is 0.462 e. The van der Waals surface area contributed by atoms with Crippen LogP contribution in [-0.2, 0) is 4.74 Å². The van der Waals surface area contributed by atoms with Gasteiger partial charge in [-0.25, -0.2) is 9.78 Å². The highest BCUT2D eigenvalue weighted by molar-refractivity contribution is 7.13. The lowest BCUT2D eigenvalue weighted by Gasteiger charge is -2.19. The number of ether oxygens (including phenoxy) is 1. The summed E-state index contributed by atoms with van der Waals surface area (Å²) >= 11 is 1.37. The first-order valence-corrected chi connectivity index (χ1v) is 11.7. The molecular weight excluding hydrogens is 410 g/mol. The van der Waals surface area contributed by atoms with Crippen molar-refractivity contribution in [3.63, 3.8) is 0 Å². The van der Waals surface area contributed by atoms with Crippen LogP contribution >= 0.6 is 11.3 Å². The minimum absolute atomic E-state index is 0.0612. The van der Waals surface area contributed by atoms with Gasteiger partial charge in [-0.15, -0.1) is 11.3 Å². The molecule has 1 aromatic heterocycles. The van der Waals surface area contributed by atoms with Gasteiger partial charge in [-0.1, -0.05) is 18.2 Å². The summed E-state index contributed by atoms with van der Waals surface area (Å²) in [5.74, 6) is 0.453. The molecule has 8 heteroatoms. The summed E-state index contributed by atoms with van der Waals surface area (Å²) in [6.45, 7) is 10.6. The third-order valence-electron chi connectivity index (χ3n) is 4.71. The van der Waals surface area contributed by atoms with Gasteiger partial charge in [0, 0.05) is 32.4 Å². The van der Waals surface area contributed by atoms with Crippen LogP contribution in [0.1, 0.15) is 60.0 Å². The zero-order valence-corrected chi connectivity index (χ0v) is 20.1. The van der Waals surface area contributed by atoms with Crippen molar-refractivity contribution in [3.05, 3.63) is 45.9 Å². The lowest BCUT2D eigenvalue weighted by Crippen LogP contribution is -2.38. The summed E-state index contributed by atoms with van der Waals surface area (Å²) in [6, 6.07) is 10.3. The fourth-order valence-corrected chi connectivity index (χ4v) is 4.00. The molecule has 0 fully saturated rings. The maximum absolute atomic E-state index is 12.1. The number of aryl methyl sites for hydroxylation is 1. The second-order valence-electron chi connectivity index (χ2n) is 7.28. The van der Waals surface area contributed by atoms with Crippen molar-refractivity contribution in [1.82, 2.24) is 15.6 Å². The molecule has 0 bridgehead atoms. The van der Waals surface area contributed by atoms with Gasteiger partial charge in [0.15, 0.2) is 5.96 Å². The maximum atomic E-state index is 12.1. The number of hydrogen-bond acceptors (Lipinski definition) is 6. The summed E-state index contributed by atoms with van der Waals surface area (Å²) in [4.78, 5) is 24.1. The number of unbranched alkanes of at least 4 members (excludes halogenated alkanes) is 1. The van der Waals surface area contributed by atoms with Crippen molar-refractivity contribution in [2.45, 2.75) is 46.6 Å². The molecule has 170 valence electrons. The van der Waals surface area contributed by atoms with Crippen LogP contribution in [0.2, 0.25) is 0 Å². The summed E-state index contributed by atoms with van der Waals surface area (Å²) < 4.78 is 5.11. The highest BCUT2D eigenvalue weighted by Gasteiger charge is 2.20. The van der Waals surface area contributed by atoms with Crippen molar-refractivity contribution >= 4 is 29.0 Å². The molecule has 0 radical (unpaired) electrons. The third kappa shape index (κ3) is 7.86. The van der Waals surface area contributed by atoms with Crippen molar-refractivity contribution in [2.24, 2.45) is 4.99 Å². The number of esters is 1. The quantitative estimate of drug-likeness (QED) is 0.234. The van der Waals surface area contributed by atoms with Crippen LogP contribution in [0.25, 0.3) is 0 Å². The Morgan fingerprint density at radius 1 is 1.26 bits per heavy atom. The number of nitrogens with one attached hydrogen (secondary N) is 2. The van der Waals surface area contributed by atoms with Gasteiger partial charge in [0.1, 0.15) is 9.88 Å². The van der Waals surface area contributed by atoms with E-state index in [1.54, 1.807) is 6.92 Å². The highest BCUT2D eigenvalue weighted by Crippen LogP contribution is 2.24.